The van der Waals surface area contributed by atoms with Gasteiger partial charge >= 0.3 is 0 Å². The smallest absolute Gasteiger partial charge is 0.261 e. The van der Waals surface area contributed by atoms with Crippen LogP contribution < -0.4 is 10.1 Å². The van der Waals surface area contributed by atoms with E-state index >= 15 is 0 Å². The fourth-order valence-electron chi connectivity index (χ4n) is 2.34. The van der Waals surface area contributed by atoms with Crippen LogP contribution in [0.3, 0.4) is 0 Å². The lowest BCUT2D eigenvalue weighted by atomic mass is 10.0. The summed E-state index contributed by atoms with van der Waals surface area (Å²) in [6.07, 6.45) is -0.536. The molecule has 0 radical (unpaired) electrons. The van der Waals surface area contributed by atoms with Crippen molar-refractivity contribution in [1.29, 1.82) is 0 Å². The Labute approximate surface area is 138 Å². The van der Waals surface area contributed by atoms with Crippen LogP contribution in [0, 0.1) is 0 Å². The Morgan fingerprint density at radius 2 is 1.48 bits per heavy atom. The topological polar surface area (TPSA) is 38.3 Å². The molecule has 2 aromatic carbocycles. The maximum Gasteiger partial charge on any atom is 0.261 e. The number of hydrogen-bond acceptors (Lipinski definition) is 2. The van der Waals surface area contributed by atoms with Crippen LogP contribution in [0.15, 0.2) is 54.6 Å². The number of carbonyl (C=O) groups excluding carboxylic acids is 1. The van der Waals surface area contributed by atoms with E-state index < -0.39 is 6.10 Å². The van der Waals surface area contributed by atoms with E-state index in [0.29, 0.717) is 11.7 Å². The average molecular weight is 311 g/mol. The maximum absolute atomic E-state index is 12.3. The van der Waals surface area contributed by atoms with Gasteiger partial charge in [-0.2, -0.15) is 0 Å². The van der Waals surface area contributed by atoms with Crippen LogP contribution in [0.25, 0.3) is 0 Å². The summed E-state index contributed by atoms with van der Waals surface area (Å²) in [7, 11) is 0. The van der Waals surface area contributed by atoms with Gasteiger partial charge in [0.1, 0.15) is 5.75 Å². The summed E-state index contributed by atoms with van der Waals surface area (Å²) in [5.74, 6) is 1.08. The molecule has 1 N–H and O–H groups in total. The van der Waals surface area contributed by atoms with Crippen molar-refractivity contribution in [2.24, 2.45) is 0 Å². The zero-order chi connectivity index (χ0) is 16.8. The molecule has 0 aliphatic heterocycles. The normalized spacial score (nSPS) is 13.4. The molecule has 1 amide bonds. The number of benzene rings is 2. The van der Waals surface area contributed by atoms with Crippen molar-refractivity contribution in [2.45, 2.75) is 45.8 Å². The molecule has 3 heteroatoms. The minimum absolute atomic E-state index is 0.0435. The summed E-state index contributed by atoms with van der Waals surface area (Å²) in [6, 6.07) is 17.8. The Hall–Kier alpha value is -2.29. The van der Waals surface area contributed by atoms with Gasteiger partial charge in [0.15, 0.2) is 6.10 Å². The second-order valence-electron chi connectivity index (χ2n) is 6.12. The highest BCUT2D eigenvalue weighted by molar-refractivity contribution is 5.81. The van der Waals surface area contributed by atoms with E-state index in [2.05, 4.69) is 19.2 Å². The Bertz CT molecular complexity index is 620. The van der Waals surface area contributed by atoms with Crippen molar-refractivity contribution in [2.75, 3.05) is 0 Å². The van der Waals surface area contributed by atoms with Crippen LogP contribution in [-0.4, -0.2) is 12.0 Å². The molecule has 3 nitrogen and oxygen atoms in total. The van der Waals surface area contributed by atoms with Crippen LogP contribution in [0.2, 0.25) is 0 Å². The van der Waals surface area contributed by atoms with Crippen molar-refractivity contribution < 1.29 is 9.53 Å². The number of rotatable bonds is 6. The van der Waals surface area contributed by atoms with E-state index in [1.54, 1.807) is 6.92 Å². The first-order valence-electron chi connectivity index (χ1n) is 8.09. The minimum Gasteiger partial charge on any atom is -0.481 e. The Kier molecular flexibility index (Phi) is 5.80. The highest BCUT2D eigenvalue weighted by Gasteiger charge is 2.17. The van der Waals surface area contributed by atoms with Crippen LogP contribution in [0.1, 0.15) is 50.8 Å². The van der Waals surface area contributed by atoms with Gasteiger partial charge in [-0.3, -0.25) is 4.79 Å². The van der Waals surface area contributed by atoms with Crippen molar-refractivity contribution in [3.05, 3.63) is 65.7 Å². The third-order valence-corrected chi connectivity index (χ3v) is 3.89. The van der Waals surface area contributed by atoms with Gasteiger partial charge in [0.05, 0.1) is 6.04 Å². The predicted molar refractivity (Wildman–Crippen MR) is 93.6 cm³/mol. The van der Waals surface area contributed by atoms with Crippen LogP contribution in [-0.2, 0) is 4.79 Å². The molecular formula is C20H25NO2. The summed E-state index contributed by atoms with van der Waals surface area (Å²) in [5.41, 5.74) is 2.33. The van der Waals surface area contributed by atoms with Gasteiger partial charge in [0.2, 0.25) is 0 Å². The van der Waals surface area contributed by atoms with Gasteiger partial charge in [0.25, 0.3) is 5.91 Å². The molecule has 23 heavy (non-hydrogen) atoms. The molecule has 2 atom stereocenters. The zero-order valence-corrected chi connectivity index (χ0v) is 14.2. The number of hydrogen-bond donors (Lipinski definition) is 1. The van der Waals surface area contributed by atoms with Crippen molar-refractivity contribution >= 4 is 5.91 Å². The molecule has 122 valence electrons. The van der Waals surface area contributed by atoms with Gasteiger partial charge in [0, 0.05) is 0 Å². The lowest BCUT2D eigenvalue weighted by molar-refractivity contribution is -0.127. The van der Waals surface area contributed by atoms with Crippen LogP contribution in [0.5, 0.6) is 5.75 Å². The third-order valence-electron chi connectivity index (χ3n) is 3.89. The standard InChI is InChI=1S/C20H25NO2/c1-14(2)17-10-12-19(13-11-17)23-16(4)20(22)21-15(3)18-8-6-5-7-9-18/h5-16H,1-4H3,(H,21,22)/t15-,16-/m1/s1. The molecule has 0 unspecified atom stereocenters. The zero-order valence-electron chi connectivity index (χ0n) is 14.2. The van der Waals surface area contributed by atoms with Gasteiger partial charge < -0.3 is 10.1 Å². The average Bonchev–Trinajstić information content (AvgIpc) is 2.56. The maximum atomic E-state index is 12.3. The summed E-state index contributed by atoms with van der Waals surface area (Å²) in [5, 5.41) is 2.98. The molecule has 2 aromatic rings. The van der Waals surface area contributed by atoms with E-state index in [1.165, 1.54) is 5.56 Å². The van der Waals surface area contributed by atoms with Gasteiger partial charge in [-0.25, -0.2) is 0 Å². The quantitative estimate of drug-likeness (QED) is 0.855. The molecule has 0 heterocycles. The number of amides is 1. The Balaban J connectivity index is 1.92. The lowest BCUT2D eigenvalue weighted by Crippen LogP contribution is -2.37. The molecule has 0 saturated heterocycles. The highest BCUT2D eigenvalue weighted by atomic mass is 16.5. The van der Waals surface area contributed by atoms with E-state index in [9.17, 15) is 4.79 Å². The van der Waals surface area contributed by atoms with Gasteiger partial charge in [-0.1, -0.05) is 56.3 Å². The van der Waals surface area contributed by atoms with Gasteiger partial charge in [-0.15, -0.1) is 0 Å². The molecule has 0 fully saturated rings. The van der Waals surface area contributed by atoms with E-state index in [4.69, 9.17) is 4.74 Å². The molecule has 0 bridgehead atoms. The monoisotopic (exact) mass is 311 g/mol. The molecule has 0 spiro atoms. The highest BCUT2D eigenvalue weighted by Crippen LogP contribution is 2.19. The third kappa shape index (κ3) is 4.85. The second-order valence-corrected chi connectivity index (χ2v) is 6.12. The van der Waals surface area contributed by atoms with Crippen LogP contribution >= 0.6 is 0 Å². The number of ether oxygens (including phenoxy) is 1. The fraction of sp³-hybridized carbons (Fsp3) is 0.350. The number of carbonyl (C=O) groups is 1. The first-order valence-corrected chi connectivity index (χ1v) is 8.09. The molecule has 0 saturated carbocycles. The molecule has 0 aromatic heterocycles. The van der Waals surface area contributed by atoms with Crippen LogP contribution in [0.4, 0.5) is 0 Å². The largest absolute Gasteiger partial charge is 0.481 e. The lowest BCUT2D eigenvalue weighted by Gasteiger charge is -2.19. The summed E-state index contributed by atoms with van der Waals surface area (Å²) < 4.78 is 5.74. The Morgan fingerprint density at radius 1 is 0.870 bits per heavy atom. The molecule has 0 aliphatic rings. The number of nitrogens with one attached hydrogen (secondary N) is 1. The molecule has 0 aliphatic carbocycles. The Morgan fingerprint density at radius 3 is 2.04 bits per heavy atom. The minimum atomic E-state index is -0.536. The van der Waals surface area contributed by atoms with Crippen molar-refractivity contribution in [3.8, 4) is 5.75 Å². The fourth-order valence-corrected chi connectivity index (χ4v) is 2.34. The van der Waals surface area contributed by atoms with E-state index in [-0.39, 0.29) is 11.9 Å². The van der Waals surface area contributed by atoms with E-state index in [1.807, 2.05) is 61.5 Å². The van der Waals surface area contributed by atoms with Gasteiger partial charge in [-0.05, 0) is 43.0 Å². The van der Waals surface area contributed by atoms with Crippen molar-refractivity contribution in [1.82, 2.24) is 5.32 Å². The second kappa shape index (κ2) is 7.82. The molecular weight excluding hydrogens is 286 g/mol. The van der Waals surface area contributed by atoms with E-state index in [0.717, 1.165) is 5.56 Å². The molecule has 2 rings (SSSR count). The van der Waals surface area contributed by atoms with Crippen molar-refractivity contribution in [3.63, 3.8) is 0 Å². The summed E-state index contributed by atoms with van der Waals surface area (Å²) >= 11 is 0. The first kappa shape index (κ1) is 17.1. The summed E-state index contributed by atoms with van der Waals surface area (Å²) in [6.45, 7) is 8.04. The predicted octanol–water partition coefficient (Wildman–Crippen LogP) is 4.45. The first-order chi connectivity index (χ1) is 11.0. The summed E-state index contributed by atoms with van der Waals surface area (Å²) in [4.78, 5) is 12.3. The SMILES string of the molecule is CC(C)c1ccc(O[C@H](C)C(=O)N[C@H](C)c2ccccc2)cc1.